The first-order valence-corrected chi connectivity index (χ1v) is 6.08. The van der Waals surface area contributed by atoms with E-state index in [1.165, 1.54) is 0 Å². The molecule has 0 radical (unpaired) electrons. The van der Waals surface area contributed by atoms with Crippen LogP contribution in [0.1, 0.15) is 10.4 Å². The van der Waals surface area contributed by atoms with Gasteiger partial charge in [0.05, 0.1) is 5.75 Å². The van der Waals surface area contributed by atoms with Crippen LogP contribution in [-0.4, -0.2) is 33.6 Å². The molecule has 0 bridgehead atoms. The van der Waals surface area contributed by atoms with E-state index in [1.807, 2.05) is 6.07 Å². The van der Waals surface area contributed by atoms with Crippen molar-refractivity contribution in [2.75, 3.05) is 12.4 Å². The smallest absolute Gasteiger partial charge is 0.341 e. The highest BCUT2D eigenvalue weighted by molar-refractivity contribution is 8.23. The SMILES string of the molecule is O=C(O)COC(=S)SCC(=O)c1ccccc1. The van der Waals surface area contributed by atoms with Gasteiger partial charge in [0.2, 0.25) is 4.38 Å². The van der Waals surface area contributed by atoms with Crippen LogP contribution in [0.25, 0.3) is 0 Å². The third kappa shape index (κ3) is 5.46. The van der Waals surface area contributed by atoms with Crippen LogP contribution in [0.4, 0.5) is 0 Å². The van der Waals surface area contributed by atoms with Crippen molar-refractivity contribution in [3.63, 3.8) is 0 Å². The van der Waals surface area contributed by atoms with Crippen LogP contribution >= 0.6 is 24.0 Å². The van der Waals surface area contributed by atoms with Gasteiger partial charge in [-0.3, -0.25) is 4.79 Å². The van der Waals surface area contributed by atoms with E-state index < -0.39 is 12.6 Å². The van der Waals surface area contributed by atoms with Crippen molar-refractivity contribution in [1.29, 1.82) is 0 Å². The Hall–Kier alpha value is -1.40. The molecule has 1 N–H and O–H groups in total. The van der Waals surface area contributed by atoms with Crippen molar-refractivity contribution < 1.29 is 19.4 Å². The fourth-order valence-corrected chi connectivity index (χ4v) is 1.79. The first-order chi connectivity index (χ1) is 8.09. The Morgan fingerprint density at radius 1 is 1.29 bits per heavy atom. The fourth-order valence-electron chi connectivity index (χ4n) is 0.994. The highest BCUT2D eigenvalue weighted by atomic mass is 32.2. The highest BCUT2D eigenvalue weighted by Crippen LogP contribution is 2.10. The maximum atomic E-state index is 11.6. The predicted molar refractivity (Wildman–Crippen MR) is 69.4 cm³/mol. The van der Waals surface area contributed by atoms with Crippen molar-refractivity contribution in [1.82, 2.24) is 0 Å². The van der Waals surface area contributed by atoms with Crippen molar-refractivity contribution in [3.8, 4) is 0 Å². The monoisotopic (exact) mass is 270 g/mol. The summed E-state index contributed by atoms with van der Waals surface area (Å²) < 4.78 is 4.80. The largest absolute Gasteiger partial charge is 0.479 e. The van der Waals surface area contributed by atoms with Crippen molar-refractivity contribution in [2.24, 2.45) is 0 Å². The van der Waals surface area contributed by atoms with E-state index in [-0.39, 0.29) is 15.9 Å². The average Bonchev–Trinajstić information content (AvgIpc) is 2.34. The summed E-state index contributed by atoms with van der Waals surface area (Å²) in [6, 6.07) is 8.80. The number of thiocarbonyl (C=S) groups is 1. The van der Waals surface area contributed by atoms with Crippen LogP contribution < -0.4 is 0 Å². The summed E-state index contributed by atoms with van der Waals surface area (Å²) in [5.41, 5.74) is 0.598. The van der Waals surface area contributed by atoms with Gasteiger partial charge >= 0.3 is 5.97 Å². The number of carbonyl (C=O) groups excluding carboxylic acids is 1. The fraction of sp³-hybridized carbons (Fsp3) is 0.182. The molecule has 4 nitrogen and oxygen atoms in total. The number of carbonyl (C=O) groups is 2. The minimum Gasteiger partial charge on any atom is -0.479 e. The normalized spacial score (nSPS) is 9.65. The maximum absolute atomic E-state index is 11.6. The zero-order chi connectivity index (χ0) is 12.7. The van der Waals surface area contributed by atoms with Crippen molar-refractivity contribution >= 4 is 40.1 Å². The zero-order valence-corrected chi connectivity index (χ0v) is 10.4. The molecule has 0 fully saturated rings. The first kappa shape index (κ1) is 13.7. The quantitative estimate of drug-likeness (QED) is 0.652. The number of carboxylic acid groups (broad SMARTS) is 1. The van der Waals surface area contributed by atoms with E-state index in [1.54, 1.807) is 24.3 Å². The van der Waals surface area contributed by atoms with E-state index in [4.69, 9.17) is 22.1 Å². The van der Waals surface area contributed by atoms with Gasteiger partial charge in [0.25, 0.3) is 0 Å². The summed E-state index contributed by atoms with van der Waals surface area (Å²) in [6.45, 7) is -0.481. The van der Waals surface area contributed by atoms with Crippen LogP contribution in [0.3, 0.4) is 0 Å². The second-order valence-electron chi connectivity index (χ2n) is 3.01. The van der Waals surface area contributed by atoms with Gasteiger partial charge in [-0.25, -0.2) is 4.79 Å². The minimum absolute atomic E-state index is 0.0664. The molecule has 0 atom stereocenters. The second kappa shape index (κ2) is 7.03. The molecule has 1 rings (SSSR count). The molecular weight excluding hydrogens is 260 g/mol. The van der Waals surface area contributed by atoms with Gasteiger partial charge in [-0.05, 0) is 12.2 Å². The number of benzene rings is 1. The van der Waals surface area contributed by atoms with Gasteiger partial charge in [-0.1, -0.05) is 42.1 Å². The lowest BCUT2D eigenvalue weighted by molar-refractivity contribution is -0.139. The summed E-state index contributed by atoms with van der Waals surface area (Å²) in [5.74, 6) is -1.03. The highest BCUT2D eigenvalue weighted by Gasteiger charge is 2.08. The van der Waals surface area contributed by atoms with Gasteiger partial charge in [0, 0.05) is 5.56 Å². The molecule has 0 aliphatic heterocycles. The standard InChI is InChI=1S/C11H10O4S2/c12-9(8-4-2-1-3-5-8)7-17-11(16)15-6-10(13)14/h1-5H,6-7H2,(H,13,14). The Morgan fingerprint density at radius 2 is 1.94 bits per heavy atom. The molecule has 1 aromatic carbocycles. The summed E-state index contributed by atoms with van der Waals surface area (Å²) in [6.07, 6.45) is 0. The molecule has 0 spiro atoms. The number of ether oxygens (including phenoxy) is 1. The van der Waals surface area contributed by atoms with Gasteiger partial charge in [-0.15, -0.1) is 0 Å². The van der Waals surface area contributed by atoms with E-state index in [2.05, 4.69) is 0 Å². The topological polar surface area (TPSA) is 63.6 Å². The number of hydrogen-bond donors (Lipinski definition) is 1. The molecule has 0 unspecified atom stereocenters. The molecule has 90 valence electrons. The molecule has 0 aliphatic rings. The number of hydrogen-bond acceptors (Lipinski definition) is 5. The predicted octanol–water partition coefficient (Wildman–Crippen LogP) is 1.99. The number of aliphatic carboxylic acids is 1. The summed E-state index contributed by atoms with van der Waals surface area (Å²) in [7, 11) is 0. The Balaban J connectivity index is 2.34. The molecular formula is C11H10O4S2. The molecule has 0 aromatic heterocycles. The third-order valence-electron chi connectivity index (χ3n) is 1.73. The van der Waals surface area contributed by atoms with E-state index in [0.717, 1.165) is 11.8 Å². The molecule has 0 saturated carbocycles. The van der Waals surface area contributed by atoms with Crippen molar-refractivity contribution in [2.45, 2.75) is 0 Å². The van der Waals surface area contributed by atoms with Crippen LogP contribution in [0.5, 0.6) is 0 Å². The number of carboxylic acids is 1. The average molecular weight is 270 g/mol. The lowest BCUT2D eigenvalue weighted by Gasteiger charge is -2.03. The molecule has 0 heterocycles. The Bertz CT molecular complexity index is 417. The molecule has 1 aromatic rings. The van der Waals surface area contributed by atoms with Crippen LogP contribution in [0, 0.1) is 0 Å². The summed E-state index contributed by atoms with van der Waals surface area (Å²) in [4.78, 5) is 21.8. The maximum Gasteiger partial charge on any atom is 0.341 e. The van der Waals surface area contributed by atoms with Crippen LogP contribution in [-0.2, 0) is 9.53 Å². The van der Waals surface area contributed by atoms with Gasteiger partial charge in [0.15, 0.2) is 12.4 Å². The second-order valence-corrected chi connectivity index (χ2v) is 4.59. The van der Waals surface area contributed by atoms with Crippen LogP contribution in [0.15, 0.2) is 30.3 Å². The minimum atomic E-state index is -1.10. The lowest BCUT2D eigenvalue weighted by Crippen LogP contribution is -2.11. The van der Waals surface area contributed by atoms with E-state index in [9.17, 15) is 9.59 Å². The first-order valence-electron chi connectivity index (χ1n) is 4.69. The lowest BCUT2D eigenvalue weighted by atomic mass is 10.2. The van der Waals surface area contributed by atoms with Gasteiger partial charge in [-0.2, -0.15) is 0 Å². The molecule has 0 saturated heterocycles. The van der Waals surface area contributed by atoms with Crippen LogP contribution in [0.2, 0.25) is 0 Å². The summed E-state index contributed by atoms with van der Waals surface area (Å²) in [5, 5.41) is 8.36. The van der Waals surface area contributed by atoms with E-state index in [0.29, 0.717) is 5.56 Å². The van der Waals surface area contributed by atoms with Crippen molar-refractivity contribution in [3.05, 3.63) is 35.9 Å². The molecule has 0 aliphatic carbocycles. The van der Waals surface area contributed by atoms with E-state index >= 15 is 0 Å². The molecule has 6 heteroatoms. The summed E-state index contributed by atoms with van der Waals surface area (Å²) >= 11 is 5.78. The molecule has 0 amide bonds. The number of ketones is 1. The number of Topliss-reactive ketones (excluding diaryl/α,β-unsaturated/α-hetero) is 1. The Labute approximate surface area is 108 Å². The van der Waals surface area contributed by atoms with Gasteiger partial charge in [0.1, 0.15) is 0 Å². The number of thioether (sulfide) groups is 1. The Morgan fingerprint density at radius 3 is 2.53 bits per heavy atom. The third-order valence-corrected chi connectivity index (χ3v) is 2.96. The molecule has 17 heavy (non-hydrogen) atoms. The Kier molecular flexibility index (Phi) is 5.65. The van der Waals surface area contributed by atoms with Gasteiger partial charge < -0.3 is 9.84 Å². The number of rotatable bonds is 5. The zero-order valence-electron chi connectivity index (χ0n) is 8.79.